The van der Waals surface area contributed by atoms with Gasteiger partial charge in [0.25, 0.3) is 5.91 Å². The maximum atomic E-state index is 11.1. The van der Waals surface area contributed by atoms with Crippen molar-refractivity contribution in [3.8, 4) is 0 Å². The molecule has 17 heavy (non-hydrogen) atoms. The van der Waals surface area contributed by atoms with Crippen molar-refractivity contribution in [2.75, 3.05) is 5.73 Å². The summed E-state index contributed by atoms with van der Waals surface area (Å²) in [6.07, 6.45) is -0.0271. The van der Waals surface area contributed by atoms with Gasteiger partial charge in [0.05, 0.1) is 6.42 Å². The van der Waals surface area contributed by atoms with Crippen molar-refractivity contribution in [1.29, 1.82) is 0 Å². The summed E-state index contributed by atoms with van der Waals surface area (Å²) < 4.78 is 0. The summed E-state index contributed by atoms with van der Waals surface area (Å²) >= 11 is 0. The molecule has 8 nitrogen and oxygen atoms in total. The van der Waals surface area contributed by atoms with Crippen LogP contribution in [0.3, 0.4) is 0 Å². The van der Waals surface area contributed by atoms with E-state index in [0.29, 0.717) is 5.56 Å². The molecule has 92 valence electrons. The second-order valence-electron chi connectivity index (χ2n) is 3.67. The normalized spacial score (nSPS) is 12.1. The van der Waals surface area contributed by atoms with Crippen LogP contribution in [0.1, 0.15) is 34.3 Å². The van der Waals surface area contributed by atoms with E-state index >= 15 is 0 Å². The van der Waals surface area contributed by atoms with Gasteiger partial charge in [-0.05, 0) is 6.92 Å². The van der Waals surface area contributed by atoms with E-state index in [2.05, 4.69) is 15.7 Å². The minimum Gasteiger partial charge on any atom is -0.383 e. The maximum Gasteiger partial charge on any atom is 0.267 e. The van der Waals surface area contributed by atoms with Crippen LogP contribution in [-0.2, 0) is 4.79 Å². The molecule has 0 spiro atoms. The molecule has 0 aliphatic carbocycles. The Labute approximate surface area is 97.4 Å². The van der Waals surface area contributed by atoms with E-state index in [-0.39, 0.29) is 23.8 Å². The molecule has 2 amide bonds. The van der Waals surface area contributed by atoms with Crippen molar-refractivity contribution in [3.63, 3.8) is 0 Å². The van der Waals surface area contributed by atoms with E-state index in [0.717, 1.165) is 0 Å². The molecule has 1 atom stereocenters. The third kappa shape index (κ3) is 2.88. The Morgan fingerprint density at radius 2 is 1.94 bits per heavy atom. The smallest absolute Gasteiger partial charge is 0.267 e. The van der Waals surface area contributed by atoms with Crippen molar-refractivity contribution in [3.05, 3.63) is 17.1 Å². The molecule has 9 N–H and O–H groups in total. The third-order valence-corrected chi connectivity index (χ3v) is 2.25. The van der Waals surface area contributed by atoms with E-state index in [1.165, 1.54) is 0 Å². The van der Waals surface area contributed by atoms with Crippen molar-refractivity contribution >= 4 is 17.6 Å². The Morgan fingerprint density at radius 3 is 2.41 bits per heavy atom. The molecule has 0 bridgehead atoms. The standard InChI is InChI=1S/C9H14N6O2/c1-3-6(8(13)17)14-9(15-7(3)12)4(10)2-5(11)16/h4H,2,10H2,1H3,(H2,11,16)(H2,13,17)(H2,12,14,15)/p+1. The first-order chi connectivity index (χ1) is 7.82. The molecule has 0 aliphatic heterocycles. The number of quaternary nitrogens is 1. The summed E-state index contributed by atoms with van der Waals surface area (Å²) in [6.45, 7) is 1.59. The van der Waals surface area contributed by atoms with Crippen LogP contribution < -0.4 is 22.9 Å². The predicted molar refractivity (Wildman–Crippen MR) is 59.1 cm³/mol. The van der Waals surface area contributed by atoms with E-state index in [1.54, 1.807) is 6.92 Å². The summed E-state index contributed by atoms with van der Waals surface area (Å²) in [4.78, 5) is 29.8. The second-order valence-corrected chi connectivity index (χ2v) is 3.67. The fourth-order valence-electron chi connectivity index (χ4n) is 1.31. The van der Waals surface area contributed by atoms with E-state index < -0.39 is 17.9 Å². The number of amides is 2. The monoisotopic (exact) mass is 239 g/mol. The molecule has 1 unspecified atom stereocenters. The first-order valence-electron chi connectivity index (χ1n) is 4.88. The molecular weight excluding hydrogens is 224 g/mol. The second kappa shape index (κ2) is 4.74. The van der Waals surface area contributed by atoms with Crippen LogP contribution in [0.15, 0.2) is 0 Å². The van der Waals surface area contributed by atoms with Crippen LogP contribution in [0.4, 0.5) is 5.82 Å². The molecule has 0 aliphatic rings. The van der Waals surface area contributed by atoms with Gasteiger partial charge in [-0.25, -0.2) is 9.97 Å². The van der Waals surface area contributed by atoms with Crippen LogP contribution in [0.25, 0.3) is 0 Å². The van der Waals surface area contributed by atoms with Crippen molar-refractivity contribution in [2.45, 2.75) is 19.4 Å². The van der Waals surface area contributed by atoms with Crippen LogP contribution in [0.5, 0.6) is 0 Å². The highest BCUT2D eigenvalue weighted by atomic mass is 16.1. The van der Waals surface area contributed by atoms with Crippen LogP contribution >= 0.6 is 0 Å². The first-order valence-corrected chi connectivity index (χ1v) is 4.88. The van der Waals surface area contributed by atoms with E-state index in [4.69, 9.17) is 17.2 Å². The fraction of sp³-hybridized carbons (Fsp3) is 0.333. The number of primary amides is 2. The summed E-state index contributed by atoms with van der Waals surface area (Å²) in [5, 5.41) is 0. The predicted octanol–water partition coefficient (Wildman–Crippen LogP) is -2.38. The SMILES string of the molecule is Cc1c(N)nc(C([NH3+])CC(N)=O)nc1C(N)=O. The van der Waals surface area contributed by atoms with Crippen molar-refractivity contribution in [2.24, 2.45) is 11.5 Å². The number of hydrogen-bond donors (Lipinski definition) is 4. The topological polar surface area (TPSA) is 166 Å². The van der Waals surface area contributed by atoms with Gasteiger partial charge in [-0.3, -0.25) is 9.59 Å². The Bertz CT molecular complexity index is 473. The number of nitrogens with zero attached hydrogens (tertiary/aromatic N) is 2. The average molecular weight is 239 g/mol. The molecule has 1 heterocycles. The summed E-state index contributed by atoms with van der Waals surface area (Å²) in [5.41, 5.74) is 19.9. The lowest BCUT2D eigenvalue weighted by molar-refractivity contribution is -0.427. The zero-order chi connectivity index (χ0) is 13.2. The lowest BCUT2D eigenvalue weighted by atomic mass is 10.1. The number of carbonyl (C=O) groups excluding carboxylic acids is 2. The summed E-state index contributed by atoms with van der Waals surface area (Å²) in [7, 11) is 0. The maximum absolute atomic E-state index is 11.1. The number of aromatic nitrogens is 2. The van der Waals surface area contributed by atoms with Gasteiger partial charge in [0.1, 0.15) is 11.5 Å². The minimum atomic E-state index is -0.705. The Hall–Kier alpha value is -2.22. The van der Waals surface area contributed by atoms with Gasteiger partial charge in [0, 0.05) is 5.56 Å². The van der Waals surface area contributed by atoms with Crippen molar-refractivity contribution < 1.29 is 15.3 Å². The molecule has 1 aromatic heterocycles. The van der Waals surface area contributed by atoms with Crippen LogP contribution in [-0.4, -0.2) is 21.8 Å². The zero-order valence-corrected chi connectivity index (χ0v) is 9.43. The molecule has 0 fully saturated rings. The van der Waals surface area contributed by atoms with E-state index in [9.17, 15) is 9.59 Å². The fourth-order valence-corrected chi connectivity index (χ4v) is 1.31. The average Bonchev–Trinajstić information content (AvgIpc) is 2.20. The van der Waals surface area contributed by atoms with Crippen LogP contribution in [0.2, 0.25) is 0 Å². The molecular formula is C9H15N6O2+. The first kappa shape index (κ1) is 12.8. The highest BCUT2D eigenvalue weighted by molar-refractivity contribution is 5.93. The lowest BCUT2D eigenvalue weighted by Crippen LogP contribution is -2.55. The number of nitrogen functional groups attached to an aromatic ring is 1. The van der Waals surface area contributed by atoms with Gasteiger partial charge >= 0.3 is 0 Å². The minimum absolute atomic E-state index is 0.0271. The molecule has 8 heteroatoms. The molecule has 0 radical (unpaired) electrons. The molecule has 1 aromatic rings. The van der Waals surface area contributed by atoms with Gasteiger partial charge in [0.2, 0.25) is 5.91 Å². The van der Waals surface area contributed by atoms with Gasteiger partial charge in [-0.1, -0.05) is 0 Å². The molecule has 0 saturated carbocycles. The highest BCUT2D eigenvalue weighted by Gasteiger charge is 2.20. The largest absolute Gasteiger partial charge is 0.383 e. The number of hydrogen-bond acceptors (Lipinski definition) is 5. The van der Waals surface area contributed by atoms with Crippen LogP contribution in [0, 0.1) is 6.92 Å². The zero-order valence-electron chi connectivity index (χ0n) is 9.43. The Morgan fingerprint density at radius 1 is 1.35 bits per heavy atom. The van der Waals surface area contributed by atoms with Gasteiger partial charge in [-0.15, -0.1) is 0 Å². The number of rotatable bonds is 4. The van der Waals surface area contributed by atoms with Gasteiger partial charge < -0.3 is 22.9 Å². The third-order valence-electron chi connectivity index (χ3n) is 2.25. The lowest BCUT2D eigenvalue weighted by Gasteiger charge is -2.09. The highest BCUT2D eigenvalue weighted by Crippen LogP contribution is 2.15. The van der Waals surface area contributed by atoms with E-state index in [1.807, 2.05) is 0 Å². The summed E-state index contributed by atoms with van der Waals surface area (Å²) in [5.74, 6) is -0.917. The Balaban J connectivity index is 3.18. The number of anilines is 1. The van der Waals surface area contributed by atoms with Gasteiger partial charge in [0.15, 0.2) is 11.9 Å². The van der Waals surface area contributed by atoms with Crippen molar-refractivity contribution in [1.82, 2.24) is 9.97 Å². The molecule has 1 rings (SSSR count). The number of carbonyl (C=O) groups is 2. The van der Waals surface area contributed by atoms with Gasteiger partial charge in [-0.2, -0.15) is 0 Å². The quantitative estimate of drug-likeness (QED) is 0.460. The molecule has 0 aromatic carbocycles. The number of nitrogens with two attached hydrogens (primary N) is 3. The Kier molecular flexibility index (Phi) is 3.59. The summed E-state index contributed by atoms with van der Waals surface area (Å²) in [6, 6.07) is -0.562. The molecule has 0 saturated heterocycles.